The van der Waals surface area contributed by atoms with Gasteiger partial charge in [0.05, 0.1) is 6.61 Å². The number of rotatable bonds is 6. The van der Waals surface area contributed by atoms with E-state index in [9.17, 15) is 0 Å². The van der Waals surface area contributed by atoms with Gasteiger partial charge in [-0.3, -0.25) is 0 Å². The van der Waals surface area contributed by atoms with Gasteiger partial charge in [0.1, 0.15) is 5.75 Å². The summed E-state index contributed by atoms with van der Waals surface area (Å²) < 4.78 is 5.55. The van der Waals surface area contributed by atoms with Crippen LogP contribution in [0.4, 0.5) is 0 Å². The first-order valence-electron chi connectivity index (χ1n) is 5.68. The molecule has 0 saturated heterocycles. The molecule has 0 aliphatic heterocycles. The van der Waals surface area contributed by atoms with Crippen molar-refractivity contribution >= 4 is 0 Å². The first kappa shape index (κ1) is 13.0. The Bertz CT molecular complexity index is 297. The van der Waals surface area contributed by atoms with Crippen molar-refractivity contribution in [2.75, 3.05) is 20.3 Å². The van der Waals surface area contributed by atoms with Crippen LogP contribution in [0.1, 0.15) is 25.5 Å². The van der Waals surface area contributed by atoms with E-state index in [0.29, 0.717) is 12.6 Å². The molecule has 90 valence electrons. The van der Waals surface area contributed by atoms with Gasteiger partial charge in [0.25, 0.3) is 0 Å². The highest BCUT2D eigenvalue weighted by atomic mass is 16.5. The average molecular weight is 223 g/mol. The Kier molecular flexibility index (Phi) is 5.29. The lowest BCUT2D eigenvalue weighted by molar-refractivity contribution is 0.174. The van der Waals surface area contributed by atoms with Crippen molar-refractivity contribution in [2.45, 2.75) is 19.9 Å². The lowest BCUT2D eigenvalue weighted by Crippen LogP contribution is -2.13. The van der Waals surface area contributed by atoms with Gasteiger partial charge >= 0.3 is 0 Å². The minimum atomic E-state index is 0.162. The minimum absolute atomic E-state index is 0.162. The highest BCUT2D eigenvalue weighted by Gasteiger charge is 2.04. The fourth-order valence-electron chi connectivity index (χ4n) is 1.31. The van der Waals surface area contributed by atoms with E-state index in [-0.39, 0.29) is 12.5 Å². The van der Waals surface area contributed by atoms with Gasteiger partial charge in [-0.15, -0.1) is 0 Å². The fourth-order valence-corrected chi connectivity index (χ4v) is 1.31. The molecular formula is C13H21NO2. The maximum atomic E-state index is 8.87. The van der Waals surface area contributed by atoms with Crippen molar-refractivity contribution in [3.8, 4) is 5.75 Å². The fraction of sp³-hybridized carbons (Fsp3) is 0.538. The molecule has 0 aliphatic rings. The Morgan fingerprint density at radius 3 is 2.38 bits per heavy atom. The van der Waals surface area contributed by atoms with Crippen LogP contribution in [-0.4, -0.2) is 25.4 Å². The van der Waals surface area contributed by atoms with Crippen LogP contribution in [0, 0.1) is 5.92 Å². The quantitative estimate of drug-likeness (QED) is 0.774. The summed E-state index contributed by atoms with van der Waals surface area (Å²) in [5.41, 5.74) is 1.24. The van der Waals surface area contributed by atoms with E-state index in [1.54, 1.807) is 0 Å². The van der Waals surface area contributed by atoms with E-state index in [1.807, 2.05) is 26.1 Å². The van der Waals surface area contributed by atoms with E-state index in [4.69, 9.17) is 9.84 Å². The zero-order valence-corrected chi connectivity index (χ0v) is 10.2. The molecule has 16 heavy (non-hydrogen) atoms. The van der Waals surface area contributed by atoms with Gasteiger partial charge in [-0.2, -0.15) is 0 Å². The molecule has 2 unspecified atom stereocenters. The molecule has 0 spiro atoms. The molecule has 0 aliphatic carbocycles. The molecule has 0 heterocycles. The molecule has 3 heteroatoms. The van der Waals surface area contributed by atoms with E-state index in [1.165, 1.54) is 5.56 Å². The van der Waals surface area contributed by atoms with Gasteiger partial charge in [-0.25, -0.2) is 0 Å². The van der Waals surface area contributed by atoms with E-state index < -0.39 is 0 Å². The molecule has 3 nitrogen and oxygen atoms in total. The number of aliphatic hydroxyl groups excluding tert-OH is 1. The molecule has 0 radical (unpaired) electrons. The van der Waals surface area contributed by atoms with Crippen LogP contribution in [0.15, 0.2) is 24.3 Å². The van der Waals surface area contributed by atoms with E-state index in [0.717, 1.165) is 5.75 Å². The standard InChI is InChI=1S/C13H21NO2/c1-10(8-15)9-16-13-6-4-12(5-7-13)11(2)14-3/h4-7,10-11,14-15H,8-9H2,1-3H3. The van der Waals surface area contributed by atoms with Crippen LogP contribution in [0.25, 0.3) is 0 Å². The molecule has 1 aromatic rings. The maximum Gasteiger partial charge on any atom is 0.119 e. The molecule has 1 rings (SSSR count). The van der Waals surface area contributed by atoms with Crippen LogP contribution >= 0.6 is 0 Å². The zero-order valence-electron chi connectivity index (χ0n) is 10.2. The predicted octanol–water partition coefficient (Wildman–Crippen LogP) is 1.97. The van der Waals surface area contributed by atoms with Gasteiger partial charge in [0.15, 0.2) is 0 Å². The highest BCUT2D eigenvalue weighted by molar-refractivity contribution is 5.28. The Hall–Kier alpha value is -1.06. The molecule has 0 amide bonds. The largest absolute Gasteiger partial charge is 0.493 e. The SMILES string of the molecule is CNC(C)c1ccc(OCC(C)CO)cc1. The first-order valence-corrected chi connectivity index (χ1v) is 5.68. The van der Waals surface area contributed by atoms with Crippen molar-refractivity contribution in [3.63, 3.8) is 0 Å². The molecule has 0 bridgehead atoms. The third-order valence-electron chi connectivity index (χ3n) is 2.66. The summed E-state index contributed by atoms with van der Waals surface area (Å²) in [6, 6.07) is 8.39. The number of hydrogen-bond acceptors (Lipinski definition) is 3. The van der Waals surface area contributed by atoms with Gasteiger partial charge in [0.2, 0.25) is 0 Å². The molecule has 2 N–H and O–H groups in total. The first-order chi connectivity index (χ1) is 7.67. The summed E-state index contributed by atoms with van der Waals surface area (Å²) in [5, 5.41) is 12.1. The monoisotopic (exact) mass is 223 g/mol. The highest BCUT2D eigenvalue weighted by Crippen LogP contribution is 2.17. The second-order valence-corrected chi connectivity index (χ2v) is 4.18. The summed E-state index contributed by atoms with van der Waals surface area (Å²) in [4.78, 5) is 0. The van der Waals surface area contributed by atoms with Crippen molar-refractivity contribution < 1.29 is 9.84 Å². The van der Waals surface area contributed by atoms with Crippen molar-refractivity contribution in [2.24, 2.45) is 5.92 Å². The molecule has 0 fully saturated rings. The number of aliphatic hydroxyl groups is 1. The summed E-state index contributed by atoms with van der Waals surface area (Å²) in [6.07, 6.45) is 0. The average Bonchev–Trinajstić information content (AvgIpc) is 2.35. The van der Waals surface area contributed by atoms with Gasteiger partial charge in [0, 0.05) is 18.6 Å². The minimum Gasteiger partial charge on any atom is -0.493 e. The number of benzene rings is 1. The number of ether oxygens (including phenoxy) is 1. The normalized spacial score (nSPS) is 14.5. The Morgan fingerprint density at radius 2 is 1.88 bits per heavy atom. The van der Waals surface area contributed by atoms with Crippen molar-refractivity contribution in [3.05, 3.63) is 29.8 Å². The smallest absolute Gasteiger partial charge is 0.119 e. The summed E-state index contributed by atoms with van der Waals surface area (Å²) in [6.45, 7) is 4.79. The van der Waals surface area contributed by atoms with Crippen LogP contribution in [0.5, 0.6) is 5.75 Å². The topological polar surface area (TPSA) is 41.5 Å². The van der Waals surface area contributed by atoms with E-state index >= 15 is 0 Å². The number of nitrogens with one attached hydrogen (secondary N) is 1. The summed E-state index contributed by atoms with van der Waals surface area (Å²) in [5.74, 6) is 1.03. The van der Waals surface area contributed by atoms with Crippen LogP contribution in [0.2, 0.25) is 0 Å². The zero-order chi connectivity index (χ0) is 12.0. The van der Waals surface area contributed by atoms with Crippen molar-refractivity contribution in [1.29, 1.82) is 0 Å². The van der Waals surface area contributed by atoms with Crippen LogP contribution in [0.3, 0.4) is 0 Å². The summed E-state index contributed by atoms with van der Waals surface area (Å²) >= 11 is 0. The Labute approximate surface area is 97.4 Å². The molecule has 0 saturated carbocycles. The molecule has 2 atom stereocenters. The molecule has 1 aromatic carbocycles. The van der Waals surface area contributed by atoms with Crippen LogP contribution < -0.4 is 10.1 Å². The lowest BCUT2D eigenvalue weighted by Gasteiger charge is -2.13. The van der Waals surface area contributed by atoms with Gasteiger partial charge in [-0.1, -0.05) is 19.1 Å². The van der Waals surface area contributed by atoms with Crippen molar-refractivity contribution in [1.82, 2.24) is 5.32 Å². The third kappa shape index (κ3) is 3.83. The Morgan fingerprint density at radius 1 is 1.25 bits per heavy atom. The Balaban J connectivity index is 2.51. The lowest BCUT2D eigenvalue weighted by atomic mass is 10.1. The summed E-state index contributed by atoms with van der Waals surface area (Å²) in [7, 11) is 1.94. The second-order valence-electron chi connectivity index (χ2n) is 4.18. The van der Waals surface area contributed by atoms with Gasteiger partial charge < -0.3 is 15.2 Å². The van der Waals surface area contributed by atoms with E-state index in [2.05, 4.69) is 24.4 Å². The molecule has 0 aromatic heterocycles. The van der Waals surface area contributed by atoms with Crippen LogP contribution in [-0.2, 0) is 0 Å². The van der Waals surface area contributed by atoms with Gasteiger partial charge in [-0.05, 0) is 31.7 Å². The number of hydrogen-bond donors (Lipinski definition) is 2. The third-order valence-corrected chi connectivity index (χ3v) is 2.66. The second kappa shape index (κ2) is 6.51. The maximum absolute atomic E-state index is 8.87. The predicted molar refractivity (Wildman–Crippen MR) is 65.7 cm³/mol. The molecular weight excluding hydrogens is 202 g/mol.